The quantitative estimate of drug-likeness (QED) is 0.789. The molecule has 1 unspecified atom stereocenters. The number of methoxy groups -OCH3 is 2. The Labute approximate surface area is 143 Å². The van der Waals surface area contributed by atoms with Gasteiger partial charge in [0.15, 0.2) is 0 Å². The van der Waals surface area contributed by atoms with Gasteiger partial charge in [-0.3, -0.25) is 0 Å². The molecule has 6 nitrogen and oxygen atoms in total. The molecule has 3 heterocycles. The highest BCUT2D eigenvalue weighted by Crippen LogP contribution is 2.41. The summed E-state index contributed by atoms with van der Waals surface area (Å²) in [4.78, 5) is 11.7. The highest BCUT2D eigenvalue weighted by atomic mass is 32.1. The maximum absolute atomic E-state index is 10.7. The summed E-state index contributed by atoms with van der Waals surface area (Å²) >= 11 is 1.58. The first-order valence-corrected chi connectivity index (χ1v) is 8.46. The van der Waals surface area contributed by atoms with E-state index in [0.29, 0.717) is 18.8 Å². The minimum absolute atomic E-state index is 0.443. The van der Waals surface area contributed by atoms with Crippen LogP contribution >= 0.6 is 11.3 Å². The van der Waals surface area contributed by atoms with Gasteiger partial charge in [0.2, 0.25) is 0 Å². The van der Waals surface area contributed by atoms with Crippen LogP contribution in [-0.4, -0.2) is 35.8 Å². The number of hydrogen-bond donors (Lipinski definition) is 1. The number of aromatic nitrogens is 2. The van der Waals surface area contributed by atoms with E-state index in [9.17, 15) is 5.11 Å². The highest BCUT2D eigenvalue weighted by molar-refractivity contribution is 7.16. The normalized spacial score (nSPS) is 17.0. The summed E-state index contributed by atoms with van der Waals surface area (Å²) in [6.45, 7) is 1.03. The second kappa shape index (κ2) is 5.92. The van der Waals surface area contributed by atoms with Crippen molar-refractivity contribution in [2.24, 2.45) is 0 Å². The smallest absolute Gasteiger partial charge is 0.141 e. The molecule has 3 aromatic rings. The van der Waals surface area contributed by atoms with Crippen molar-refractivity contribution in [2.45, 2.75) is 12.6 Å². The third-order valence-electron chi connectivity index (χ3n) is 4.33. The second-order valence-corrected chi connectivity index (χ2v) is 6.49. The summed E-state index contributed by atoms with van der Waals surface area (Å²) in [7, 11) is 3.25. The fourth-order valence-corrected chi connectivity index (χ4v) is 3.99. The molecule has 2 aromatic heterocycles. The second-order valence-electron chi connectivity index (χ2n) is 5.60. The van der Waals surface area contributed by atoms with Gasteiger partial charge in [-0.2, -0.15) is 0 Å². The topological polar surface area (TPSA) is 67.7 Å². The fraction of sp³-hybridized carbons (Fsp3) is 0.294. The molecule has 0 bridgehead atoms. The molecule has 124 valence electrons. The molecule has 1 N–H and O–H groups in total. The minimum atomic E-state index is -0.678. The van der Waals surface area contributed by atoms with Crippen LogP contribution in [0.3, 0.4) is 0 Å². The zero-order valence-corrected chi connectivity index (χ0v) is 14.2. The van der Waals surface area contributed by atoms with Crippen molar-refractivity contribution in [3.05, 3.63) is 41.0 Å². The number of hydrogen-bond acceptors (Lipinski definition) is 7. The van der Waals surface area contributed by atoms with Crippen LogP contribution < -0.4 is 14.4 Å². The van der Waals surface area contributed by atoms with Gasteiger partial charge in [0.25, 0.3) is 0 Å². The number of anilines is 1. The molecule has 1 aliphatic rings. The number of thiophene rings is 1. The zero-order valence-electron chi connectivity index (χ0n) is 13.4. The Hall–Kier alpha value is -2.38. The zero-order chi connectivity index (χ0) is 16.7. The van der Waals surface area contributed by atoms with Crippen LogP contribution in [0, 0.1) is 0 Å². The summed E-state index contributed by atoms with van der Waals surface area (Å²) in [5, 5.41) is 13.7. The van der Waals surface area contributed by atoms with Gasteiger partial charge in [-0.25, -0.2) is 9.97 Å². The average molecular weight is 343 g/mol. The maximum atomic E-state index is 10.7. The number of ether oxygens (including phenoxy) is 2. The molecular weight excluding hydrogens is 326 g/mol. The van der Waals surface area contributed by atoms with Crippen molar-refractivity contribution in [2.75, 3.05) is 25.7 Å². The molecule has 0 spiro atoms. The Morgan fingerprint density at radius 3 is 2.75 bits per heavy atom. The lowest BCUT2D eigenvalue weighted by molar-refractivity contribution is 0.169. The molecule has 0 saturated carbocycles. The van der Waals surface area contributed by atoms with E-state index in [1.165, 1.54) is 0 Å². The molecule has 0 radical (unpaired) electrons. The Morgan fingerprint density at radius 2 is 1.96 bits per heavy atom. The van der Waals surface area contributed by atoms with Crippen molar-refractivity contribution >= 4 is 27.4 Å². The van der Waals surface area contributed by atoms with Gasteiger partial charge < -0.3 is 19.5 Å². The van der Waals surface area contributed by atoms with Gasteiger partial charge in [-0.1, -0.05) is 0 Å². The van der Waals surface area contributed by atoms with E-state index >= 15 is 0 Å². The number of rotatable bonds is 3. The molecule has 4 rings (SSSR count). The van der Waals surface area contributed by atoms with Gasteiger partial charge in [-0.15, -0.1) is 11.3 Å². The summed E-state index contributed by atoms with van der Waals surface area (Å²) in [6.07, 6.45) is 0.890. The molecule has 1 aliphatic heterocycles. The lowest BCUT2D eigenvalue weighted by atomic mass is 9.95. The minimum Gasteiger partial charge on any atom is -0.496 e. The van der Waals surface area contributed by atoms with E-state index in [4.69, 9.17) is 9.47 Å². The van der Waals surface area contributed by atoms with Crippen LogP contribution in [0.1, 0.15) is 17.2 Å². The molecule has 0 saturated heterocycles. The van der Waals surface area contributed by atoms with Gasteiger partial charge in [-0.05, 0) is 23.6 Å². The number of β-amino-alcohol motifs (C(OH)–C–C–N with tert-alkyl or cyclic N) is 1. The summed E-state index contributed by atoms with van der Waals surface area (Å²) in [5.41, 5.74) is 1.72. The van der Waals surface area contributed by atoms with E-state index < -0.39 is 6.10 Å². The van der Waals surface area contributed by atoms with Crippen LogP contribution in [0.15, 0.2) is 29.9 Å². The predicted octanol–water partition coefficient (Wildman–Crippen LogP) is 2.76. The van der Waals surface area contributed by atoms with Crippen molar-refractivity contribution in [3.8, 4) is 11.5 Å². The summed E-state index contributed by atoms with van der Waals surface area (Å²) in [5.74, 6) is 2.25. The van der Waals surface area contributed by atoms with Crippen molar-refractivity contribution in [3.63, 3.8) is 0 Å². The molecule has 7 heteroatoms. The van der Waals surface area contributed by atoms with Crippen LogP contribution in [0.2, 0.25) is 0 Å². The first kappa shape index (κ1) is 15.2. The lowest BCUT2D eigenvalue weighted by Crippen LogP contribution is -2.34. The lowest BCUT2D eigenvalue weighted by Gasteiger charge is -2.34. The van der Waals surface area contributed by atoms with Crippen molar-refractivity contribution in [1.82, 2.24) is 9.97 Å². The molecule has 24 heavy (non-hydrogen) atoms. The monoisotopic (exact) mass is 343 g/mol. The number of aliphatic hydroxyl groups excluding tert-OH is 1. The average Bonchev–Trinajstić information content (AvgIpc) is 3.09. The highest BCUT2D eigenvalue weighted by Gasteiger charge is 2.31. The third-order valence-corrected chi connectivity index (χ3v) is 5.15. The molecular formula is C17H17N3O3S. The number of benzene rings is 1. The van der Waals surface area contributed by atoms with Gasteiger partial charge in [0.05, 0.1) is 26.2 Å². The summed E-state index contributed by atoms with van der Waals surface area (Å²) < 4.78 is 10.9. The van der Waals surface area contributed by atoms with E-state index in [1.54, 1.807) is 31.9 Å². The first-order valence-electron chi connectivity index (χ1n) is 7.58. The van der Waals surface area contributed by atoms with Gasteiger partial charge in [0.1, 0.15) is 34.6 Å². The predicted molar refractivity (Wildman–Crippen MR) is 93.0 cm³/mol. The SMILES string of the molecule is COc1ccc(OC)c2c1CN(c1ncnc3sccc13)CC2O. The van der Waals surface area contributed by atoms with Crippen LogP contribution in [0.5, 0.6) is 11.5 Å². The van der Waals surface area contributed by atoms with E-state index in [1.807, 2.05) is 23.6 Å². The van der Waals surface area contributed by atoms with Gasteiger partial charge >= 0.3 is 0 Å². The van der Waals surface area contributed by atoms with Crippen LogP contribution in [-0.2, 0) is 6.54 Å². The first-order chi connectivity index (χ1) is 11.7. The maximum Gasteiger partial charge on any atom is 0.141 e. The van der Waals surface area contributed by atoms with E-state index in [2.05, 4.69) is 14.9 Å². The Balaban J connectivity index is 1.83. The van der Waals surface area contributed by atoms with Crippen LogP contribution in [0.4, 0.5) is 5.82 Å². The Kier molecular flexibility index (Phi) is 3.74. The number of nitrogens with zero attached hydrogens (tertiary/aromatic N) is 3. The Bertz CT molecular complexity index is 896. The molecule has 0 fully saturated rings. The molecule has 1 atom stereocenters. The summed E-state index contributed by atoms with van der Waals surface area (Å²) in [6, 6.07) is 5.71. The number of aliphatic hydroxyl groups is 1. The fourth-order valence-electron chi connectivity index (χ4n) is 3.27. The standard InChI is InChI=1S/C17H17N3O3S/c1-22-13-3-4-14(23-2)15-11(13)7-20(8-12(15)21)16-10-5-6-24-17(10)19-9-18-16/h3-6,9,12,21H,7-8H2,1-2H3. The van der Waals surface area contributed by atoms with Crippen molar-refractivity contribution < 1.29 is 14.6 Å². The van der Waals surface area contributed by atoms with Crippen molar-refractivity contribution in [1.29, 1.82) is 0 Å². The van der Waals surface area contributed by atoms with Crippen LogP contribution in [0.25, 0.3) is 10.2 Å². The molecule has 0 amide bonds. The van der Waals surface area contributed by atoms with E-state index in [-0.39, 0.29) is 0 Å². The molecule has 1 aromatic carbocycles. The van der Waals surface area contributed by atoms with Gasteiger partial charge in [0, 0.05) is 17.7 Å². The van der Waals surface area contributed by atoms with E-state index in [0.717, 1.165) is 32.9 Å². The largest absolute Gasteiger partial charge is 0.496 e. The molecule has 0 aliphatic carbocycles. The number of fused-ring (bicyclic) bond motifs is 2. The Morgan fingerprint density at radius 1 is 1.17 bits per heavy atom. The third kappa shape index (κ3) is 2.28.